The van der Waals surface area contributed by atoms with Crippen molar-refractivity contribution in [1.29, 1.82) is 0 Å². The molecule has 0 aromatic heterocycles. The Morgan fingerprint density at radius 3 is 2.95 bits per heavy atom. The minimum atomic E-state index is -0.368. The van der Waals surface area contributed by atoms with Gasteiger partial charge in [-0.1, -0.05) is 16.8 Å². The van der Waals surface area contributed by atoms with E-state index in [2.05, 4.69) is 21.1 Å². The number of carbonyl (C=O) groups excluding carboxylic acids is 1. The van der Waals surface area contributed by atoms with E-state index in [1.807, 2.05) is 0 Å². The van der Waals surface area contributed by atoms with Crippen LogP contribution in [0.5, 0.6) is 0 Å². The topological polar surface area (TPSA) is 78.9 Å². The van der Waals surface area contributed by atoms with E-state index in [-0.39, 0.29) is 17.8 Å². The van der Waals surface area contributed by atoms with E-state index in [1.165, 1.54) is 0 Å². The summed E-state index contributed by atoms with van der Waals surface area (Å²) in [7, 11) is 0. The van der Waals surface area contributed by atoms with Crippen molar-refractivity contribution in [2.75, 3.05) is 6.54 Å². The number of hydrogen-bond acceptors (Lipinski definition) is 3. The van der Waals surface area contributed by atoms with Crippen LogP contribution in [0.2, 0.25) is 5.02 Å². The number of hydrogen-bond donors (Lipinski definition) is 2. The second kappa shape index (κ2) is 6.45. The first-order valence-corrected chi connectivity index (χ1v) is 7.45. The Bertz CT molecular complexity index is 550. The van der Waals surface area contributed by atoms with Crippen LogP contribution in [0.25, 0.3) is 0 Å². The van der Waals surface area contributed by atoms with Gasteiger partial charge in [0.15, 0.2) is 5.84 Å². The molecule has 1 atom stereocenters. The summed E-state index contributed by atoms with van der Waals surface area (Å²) in [6.45, 7) is 0.582. The average molecular weight is 361 g/mol. The Hall–Kier alpha value is -1.27. The van der Waals surface area contributed by atoms with E-state index < -0.39 is 0 Å². The lowest BCUT2D eigenvalue weighted by Gasteiger charge is -2.35. The number of carbonyl (C=O) groups is 1. The number of piperidine rings is 1. The zero-order chi connectivity index (χ0) is 14.7. The van der Waals surface area contributed by atoms with Crippen molar-refractivity contribution < 1.29 is 10.0 Å². The Morgan fingerprint density at radius 1 is 1.50 bits per heavy atom. The molecule has 5 nitrogen and oxygen atoms in total. The normalized spacial score (nSPS) is 20.0. The molecule has 20 heavy (non-hydrogen) atoms. The Balaban J connectivity index is 2.32. The molecule has 0 radical (unpaired) electrons. The van der Waals surface area contributed by atoms with Crippen molar-refractivity contribution in [3.05, 3.63) is 33.3 Å². The molecule has 0 aliphatic carbocycles. The van der Waals surface area contributed by atoms with Gasteiger partial charge in [0, 0.05) is 16.0 Å². The third-order valence-corrected chi connectivity index (χ3v) is 4.31. The molecule has 108 valence electrons. The molecule has 1 saturated heterocycles. The third-order valence-electron chi connectivity index (χ3n) is 3.38. The summed E-state index contributed by atoms with van der Waals surface area (Å²) in [5.74, 6) is -0.105. The highest BCUT2D eigenvalue weighted by molar-refractivity contribution is 9.10. The molecule has 0 bridgehead atoms. The SMILES string of the molecule is N/C(=N/O)C1CCCCN1C(=O)c1cc(Cl)ccc1Br. The number of rotatable bonds is 2. The van der Waals surface area contributed by atoms with Gasteiger partial charge in [0.1, 0.15) is 0 Å². The van der Waals surface area contributed by atoms with Gasteiger partial charge in [0.25, 0.3) is 5.91 Å². The van der Waals surface area contributed by atoms with Crippen LogP contribution >= 0.6 is 27.5 Å². The molecule has 2 rings (SSSR count). The maximum atomic E-state index is 12.6. The molecule has 1 aliphatic rings. The van der Waals surface area contributed by atoms with Gasteiger partial charge in [-0.15, -0.1) is 0 Å². The lowest BCUT2D eigenvalue weighted by atomic mass is 10.00. The lowest BCUT2D eigenvalue weighted by Crippen LogP contribution is -2.50. The highest BCUT2D eigenvalue weighted by Gasteiger charge is 2.31. The van der Waals surface area contributed by atoms with Crippen LogP contribution < -0.4 is 5.73 Å². The van der Waals surface area contributed by atoms with Crippen molar-refractivity contribution in [2.45, 2.75) is 25.3 Å². The predicted molar refractivity (Wildman–Crippen MR) is 81.2 cm³/mol. The molecule has 1 amide bonds. The van der Waals surface area contributed by atoms with Crippen molar-refractivity contribution in [2.24, 2.45) is 10.9 Å². The molecule has 7 heteroatoms. The molecule has 1 aromatic rings. The van der Waals surface area contributed by atoms with Gasteiger partial charge in [-0.2, -0.15) is 0 Å². The first kappa shape index (κ1) is 15.1. The molecule has 1 unspecified atom stereocenters. The molecule has 1 aromatic carbocycles. The molecule has 3 N–H and O–H groups in total. The molecule has 1 heterocycles. The number of nitrogens with zero attached hydrogens (tertiary/aromatic N) is 2. The minimum Gasteiger partial charge on any atom is -0.409 e. The number of likely N-dealkylation sites (tertiary alicyclic amines) is 1. The van der Waals surface area contributed by atoms with Crippen LogP contribution in [-0.4, -0.2) is 34.4 Å². The Morgan fingerprint density at radius 2 is 2.25 bits per heavy atom. The molecule has 0 spiro atoms. The van der Waals surface area contributed by atoms with E-state index in [0.29, 0.717) is 28.0 Å². The summed E-state index contributed by atoms with van der Waals surface area (Å²) in [5.41, 5.74) is 6.17. The number of nitrogens with two attached hydrogens (primary N) is 1. The summed E-state index contributed by atoms with van der Waals surface area (Å²) >= 11 is 9.30. The average Bonchev–Trinajstić information content (AvgIpc) is 2.48. The van der Waals surface area contributed by atoms with Crippen molar-refractivity contribution in [3.8, 4) is 0 Å². The molecular formula is C13H15BrClN3O2. The largest absolute Gasteiger partial charge is 0.409 e. The van der Waals surface area contributed by atoms with Crippen LogP contribution in [0.15, 0.2) is 27.8 Å². The Labute approximate surface area is 130 Å². The number of amidine groups is 1. The first-order chi connectivity index (χ1) is 9.54. The molecule has 1 aliphatic heterocycles. The Kier molecular flexibility index (Phi) is 4.88. The smallest absolute Gasteiger partial charge is 0.255 e. The minimum absolute atomic E-state index is 0.0659. The van der Waals surface area contributed by atoms with Gasteiger partial charge < -0.3 is 15.8 Å². The standard InChI is InChI=1S/C13H15BrClN3O2/c14-10-5-4-8(15)7-9(10)13(19)18-6-2-1-3-11(18)12(16)17-20/h4-5,7,11,20H,1-3,6H2,(H2,16,17). The highest BCUT2D eigenvalue weighted by Crippen LogP contribution is 2.26. The van der Waals surface area contributed by atoms with Crippen molar-refractivity contribution >= 4 is 39.3 Å². The summed E-state index contributed by atoms with van der Waals surface area (Å²) in [6, 6.07) is 4.69. The van der Waals surface area contributed by atoms with E-state index in [9.17, 15) is 4.79 Å². The second-order valence-electron chi connectivity index (χ2n) is 4.66. The fourth-order valence-corrected chi connectivity index (χ4v) is 2.95. The van der Waals surface area contributed by atoms with Gasteiger partial charge in [-0.25, -0.2) is 0 Å². The summed E-state index contributed by atoms with van der Waals surface area (Å²) in [4.78, 5) is 14.3. The first-order valence-electron chi connectivity index (χ1n) is 6.28. The van der Waals surface area contributed by atoms with E-state index in [1.54, 1.807) is 23.1 Å². The van der Waals surface area contributed by atoms with Crippen LogP contribution in [0, 0.1) is 0 Å². The second-order valence-corrected chi connectivity index (χ2v) is 5.95. The van der Waals surface area contributed by atoms with E-state index >= 15 is 0 Å². The zero-order valence-electron chi connectivity index (χ0n) is 10.7. The number of amides is 1. The van der Waals surface area contributed by atoms with Gasteiger partial charge >= 0.3 is 0 Å². The monoisotopic (exact) mass is 359 g/mol. The van der Waals surface area contributed by atoms with Crippen LogP contribution in [0.1, 0.15) is 29.6 Å². The summed E-state index contributed by atoms with van der Waals surface area (Å²) < 4.78 is 0.677. The number of benzene rings is 1. The summed E-state index contributed by atoms with van der Waals surface area (Å²) in [6.07, 6.45) is 2.54. The summed E-state index contributed by atoms with van der Waals surface area (Å²) in [5, 5.41) is 12.4. The number of oxime groups is 1. The molecular weight excluding hydrogens is 346 g/mol. The number of halogens is 2. The van der Waals surface area contributed by atoms with Crippen LogP contribution in [0.4, 0.5) is 0 Å². The van der Waals surface area contributed by atoms with Crippen molar-refractivity contribution in [1.82, 2.24) is 4.90 Å². The van der Waals surface area contributed by atoms with Crippen LogP contribution in [0.3, 0.4) is 0 Å². The van der Waals surface area contributed by atoms with Crippen LogP contribution in [-0.2, 0) is 0 Å². The van der Waals surface area contributed by atoms with Gasteiger partial charge in [0.2, 0.25) is 0 Å². The maximum Gasteiger partial charge on any atom is 0.255 e. The molecule has 1 fully saturated rings. The van der Waals surface area contributed by atoms with Gasteiger partial charge in [0.05, 0.1) is 11.6 Å². The highest BCUT2D eigenvalue weighted by atomic mass is 79.9. The zero-order valence-corrected chi connectivity index (χ0v) is 13.1. The van der Waals surface area contributed by atoms with Gasteiger partial charge in [-0.3, -0.25) is 4.79 Å². The molecule has 0 saturated carbocycles. The quantitative estimate of drug-likeness (QED) is 0.368. The fraction of sp³-hybridized carbons (Fsp3) is 0.385. The van der Waals surface area contributed by atoms with Crippen molar-refractivity contribution in [3.63, 3.8) is 0 Å². The predicted octanol–water partition coefficient (Wildman–Crippen LogP) is 2.84. The maximum absolute atomic E-state index is 12.6. The van der Waals surface area contributed by atoms with E-state index in [4.69, 9.17) is 22.5 Å². The lowest BCUT2D eigenvalue weighted by molar-refractivity contribution is 0.0675. The fourth-order valence-electron chi connectivity index (χ4n) is 2.36. The third kappa shape index (κ3) is 3.07. The van der Waals surface area contributed by atoms with E-state index in [0.717, 1.165) is 12.8 Å². The van der Waals surface area contributed by atoms with Gasteiger partial charge in [-0.05, 0) is 53.4 Å².